The minimum Gasteiger partial charge on any atom is -0.496 e. The maximum Gasteiger partial charge on any atom is 0.275 e. The maximum atomic E-state index is 12.5. The average molecular weight is 382 g/mol. The SMILES string of the molecule is COc1cc(OC)c(C(=O)N/N=C\c2coc3ccccc3c2=O)cc1OC. The molecule has 0 aliphatic carbocycles. The van der Waals surface area contributed by atoms with E-state index in [2.05, 4.69) is 10.5 Å². The Bertz CT molecular complexity index is 1100. The predicted octanol–water partition coefficient (Wildman–Crippen LogP) is 2.58. The smallest absolute Gasteiger partial charge is 0.275 e. The molecule has 0 saturated heterocycles. The second-order valence-corrected chi connectivity index (χ2v) is 5.62. The van der Waals surface area contributed by atoms with Gasteiger partial charge in [0.15, 0.2) is 11.5 Å². The van der Waals surface area contributed by atoms with Gasteiger partial charge in [0.25, 0.3) is 5.91 Å². The van der Waals surface area contributed by atoms with Crippen molar-refractivity contribution >= 4 is 23.1 Å². The largest absolute Gasteiger partial charge is 0.496 e. The number of nitrogens with zero attached hydrogens (tertiary/aromatic N) is 1. The summed E-state index contributed by atoms with van der Waals surface area (Å²) in [5.41, 5.74) is 2.99. The third-order valence-corrected chi connectivity index (χ3v) is 4.03. The summed E-state index contributed by atoms with van der Waals surface area (Å²) in [7, 11) is 4.38. The molecule has 8 heteroatoms. The van der Waals surface area contributed by atoms with E-state index < -0.39 is 5.91 Å². The number of fused-ring (bicyclic) bond motifs is 1. The van der Waals surface area contributed by atoms with Crippen LogP contribution in [0.25, 0.3) is 11.0 Å². The van der Waals surface area contributed by atoms with Crippen molar-refractivity contribution in [3.8, 4) is 17.2 Å². The van der Waals surface area contributed by atoms with Crippen LogP contribution >= 0.6 is 0 Å². The zero-order valence-electron chi connectivity index (χ0n) is 15.5. The van der Waals surface area contributed by atoms with Crippen molar-refractivity contribution in [2.45, 2.75) is 0 Å². The fraction of sp³-hybridized carbons (Fsp3) is 0.150. The van der Waals surface area contributed by atoms with Crippen molar-refractivity contribution < 1.29 is 23.4 Å². The second kappa shape index (κ2) is 8.26. The molecule has 28 heavy (non-hydrogen) atoms. The molecule has 1 N–H and O–H groups in total. The summed E-state index contributed by atoms with van der Waals surface area (Å²) in [5, 5.41) is 4.28. The fourth-order valence-corrected chi connectivity index (χ4v) is 2.61. The second-order valence-electron chi connectivity index (χ2n) is 5.62. The number of rotatable bonds is 6. The molecular formula is C20H18N2O6. The van der Waals surface area contributed by atoms with Gasteiger partial charge in [0.05, 0.1) is 44.1 Å². The molecule has 0 unspecified atom stereocenters. The maximum absolute atomic E-state index is 12.5. The highest BCUT2D eigenvalue weighted by atomic mass is 16.5. The Morgan fingerprint density at radius 3 is 2.43 bits per heavy atom. The Morgan fingerprint density at radius 2 is 1.71 bits per heavy atom. The van der Waals surface area contributed by atoms with Crippen molar-refractivity contribution in [3.63, 3.8) is 0 Å². The van der Waals surface area contributed by atoms with Crippen LogP contribution in [0.4, 0.5) is 0 Å². The van der Waals surface area contributed by atoms with Crippen molar-refractivity contribution in [1.29, 1.82) is 0 Å². The number of para-hydroxylation sites is 1. The van der Waals surface area contributed by atoms with Crippen LogP contribution in [-0.4, -0.2) is 33.5 Å². The van der Waals surface area contributed by atoms with E-state index in [1.807, 2.05) is 0 Å². The average Bonchev–Trinajstić information content (AvgIpc) is 2.74. The van der Waals surface area contributed by atoms with Crippen LogP contribution in [0.5, 0.6) is 17.2 Å². The molecule has 0 aliphatic rings. The first-order valence-electron chi connectivity index (χ1n) is 8.23. The number of hydrogen-bond acceptors (Lipinski definition) is 7. The summed E-state index contributed by atoms with van der Waals surface area (Å²) in [6.07, 6.45) is 2.51. The van der Waals surface area contributed by atoms with Gasteiger partial charge in [0.1, 0.15) is 17.6 Å². The molecule has 0 aliphatic heterocycles. The molecule has 0 atom stereocenters. The highest BCUT2D eigenvalue weighted by Gasteiger charge is 2.17. The van der Waals surface area contributed by atoms with Gasteiger partial charge in [-0.3, -0.25) is 9.59 Å². The Morgan fingerprint density at radius 1 is 1.04 bits per heavy atom. The van der Waals surface area contributed by atoms with Crippen LogP contribution in [0.3, 0.4) is 0 Å². The van der Waals surface area contributed by atoms with Crippen LogP contribution in [0, 0.1) is 0 Å². The molecule has 8 nitrogen and oxygen atoms in total. The first kappa shape index (κ1) is 19.0. The summed E-state index contributed by atoms with van der Waals surface area (Å²) < 4.78 is 21.0. The monoisotopic (exact) mass is 382 g/mol. The molecule has 0 fully saturated rings. The van der Waals surface area contributed by atoms with Gasteiger partial charge in [-0.25, -0.2) is 5.43 Å². The predicted molar refractivity (Wildman–Crippen MR) is 104 cm³/mol. The molecule has 3 aromatic rings. The van der Waals surface area contributed by atoms with Gasteiger partial charge in [-0.05, 0) is 12.1 Å². The summed E-state index contributed by atoms with van der Waals surface area (Å²) in [6.45, 7) is 0. The highest BCUT2D eigenvalue weighted by molar-refractivity contribution is 5.98. The molecular weight excluding hydrogens is 364 g/mol. The van der Waals surface area contributed by atoms with E-state index in [9.17, 15) is 9.59 Å². The summed E-state index contributed by atoms with van der Waals surface area (Å²) in [4.78, 5) is 24.9. The molecule has 144 valence electrons. The lowest BCUT2D eigenvalue weighted by molar-refractivity contribution is 0.0951. The van der Waals surface area contributed by atoms with Crippen LogP contribution < -0.4 is 25.1 Å². The number of carbonyl (C=O) groups is 1. The molecule has 0 bridgehead atoms. The minimum atomic E-state index is -0.542. The van der Waals surface area contributed by atoms with Gasteiger partial charge in [0, 0.05) is 12.1 Å². The normalized spacial score (nSPS) is 10.8. The van der Waals surface area contributed by atoms with E-state index >= 15 is 0 Å². The number of benzene rings is 2. The fourth-order valence-electron chi connectivity index (χ4n) is 2.61. The van der Waals surface area contributed by atoms with Crippen LogP contribution in [-0.2, 0) is 0 Å². The lowest BCUT2D eigenvalue weighted by atomic mass is 10.1. The van der Waals surface area contributed by atoms with Crippen LogP contribution in [0.2, 0.25) is 0 Å². The van der Waals surface area contributed by atoms with Gasteiger partial charge in [-0.1, -0.05) is 12.1 Å². The number of hydrogen-bond donors (Lipinski definition) is 1. The van der Waals surface area contributed by atoms with Crippen molar-refractivity contribution in [2.24, 2.45) is 5.10 Å². The van der Waals surface area contributed by atoms with Crippen molar-refractivity contribution in [2.75, 3.05) is 21.3 Å². The van der Waals surface area contributed by atoms with Crippen LogP contribution in [0.15, 0.2) is 57.0 Å². The number of carbonyl (C=O) groups excluding carboxylic acids is 1. The van der Waals surface area contributed by atoms with Crippen molar-refractivity contribution in [3.05, 3.63) is 64.0 Å². The van der Waals surface area contributed by atoms with Gasteiger partial charge in [0.2, 0.25) is 5.43 Å². The lowest BCUT2D eigenvalue weighted by Crippen LogP contribution is -2.19. The molecule has 1 amide bonds. The molecule has 1 heterocycles. The van der Waals surface area contributed by atoms with E-state index in [4.69, 9.17) is 18.6 Å². The number of hydrazone groups is 1. The molecule has 0 saturated carbocycles. The zero-order valence-corrected chi connectivity index (χ0v) is 15.5. The Hall–Kier alpha value is -3.81. The van der Waals surface area contributed by atoms with Gasteiger partial charge in [-0.15, -0.1) is 0 Å². The van der Waals surface area contributed by atoms with Gasteiger partial charge >= 0.3 is 0 Å². The Balaban J connectivity index is 1.84. The van der Waals surface area contributed by atoms with E-state index in [0.29, 0.717) is 22.5 Å². The first-order valence-corrected chi connectivity index (χ1v) is 8.23. The number of methoxy groups -OCH3 is 3. The van der Waals surface area contributed by atoms with E-state index in [-0.39, 0.29) is 22.3 Å². The van der Waals surface area contributed by atoms with E-state index in [1.165, 1.54) is 45.9 Å². The van der Waals surface area contributed by atoms with E-state index in [0.717, 1.165) is 0 Å². The first-order chi connectivity index (χ1) is 13.6. The van der Waals surface area contributed by atoms with E-state index in [1.54, 1.807) is 24.3 Å². The number of ether oxygens (including phenoxy) is 3. The lowest BCUT2D eigenvalue weighted by Gasteiger charge is -2.12. The third-order valence-electron chi connectivity index (χ3n) is 4.03. The molecule has 2 aromatic carbocycles. The minimum absolute atomic E-state index is 0.197. The van der Waals surface area contributed by atoms with Crippen molar-refractivity contribution in [1.82, 2.24) is 5.43 Å². The summed E-state index contributed by atoms with van der Waals surface area (Å²) >= 11 is 0. The van der Waals surface area contributed by atoms with Gasteiger partial charge in [-0.2, -0.15) is 5.10 Å². The summed E-state index contributed by atoms with van der Waals surface area (Å²) in [6, 6.07) is 9.89. The Kier molecular flexibility index (Phi) is 5.59. The Labute approximate surface area is 160 Å². The highest BCUT2D eigenvalue weighted by Crippen LogP contribution is 2.34. The summed E-state index contributed by atoms with van der Waals surface area (Å²) in [5.74, 6) is 0.538. The number of amides is 1. The standard InChI is InChI=1S/C20H18N2O6/c1-25-16-9-18(27-3)17(26-2)8-14(16)20(24)22-21-10-12-11-28-15-7-5-4-6-13(15)19(12)23/h4-11H,1-3H3,(H,22,24)/b21-10-. The number of nitrogens with one attached hydrogen (secondary N) is 1. The topological polar surface area (TPSA) is 99.4 Å². The van der Waals surface area contributed by atoms with Crippen LogP contribution in [0.1, 0.15) is 15.9 Å². The molecule has 1 aromatic heterocycles. The third kappa shape index (κ3) is 3.66. The quantitative estimate of drug-likeness (QED) is 0.520. The molecule has 0 spiro atoms. The zero-order chi connectivity index (χ0) is 20.1. The molecule has 0 radical (unpaired) electrons. The molecule has 3 rings (SSSR count). The van der Waals surface area contributed by atoms with Gasteiger partial charge < -0.3 is 18.6 Å².